The van der Waals surface area contributed by atoms with E-state index in [0.717, 1.165) is 30.6 Å². The van der Waals surface area contributed by atoms with Crippen molar-refractivity contribution in [2.45, 2.75) is 46.1 Å². The maximum absolute atomic E-state index is 13.0. The summed E-state index contributed by atoms with van der Waals surface area (Å²) in [4.78, 5) is 30.1. The third-order valence-corrected chi connectivity index (χ3v) is 5.50. The van der Waals surface area contributed by atoms with Gasteiger partial charge in [-0.1, -0.05) is 43.7 Å². The number of aryl methyl sites for hydroxylation is 2. The quantitative estimate of drug-likeness (QED) is 0.454. The van der Waals surface area contributed by atoms with E-state index in [1.54, 1.807) is 11.6 Å². The first kappa shape index (κ1) is 21.5. The first-order valence-electron chi connectivity index (χ1n) is 11.0. The minimum atomic E-state index is -0.192. The van der Waals surface area contributed by atoms with Crippen LogP contribution in [0, 0.1) is 6.92 Å². The van der Waals surface area contributed by atoms with Crippen molar-refractivity contribution >= 4 is 22.6 Å². The van der Waals surface area contributed by atoms with Gasteiger partial charge in [0.25, 0.3) is 5.56 Å². The zero-order valence-corrected chi connectivity index (χ0v) is 18.4. The average Bonchev–Trinajstić information content (AvgIpc) is 3.23. The first-order valence-corrected chi connectivity index (χ1v) is 11.0. The van der Waals surface area contributed by atoms with Crippen LogP contribution in [-0.2, 0) is 17.8 Å². The predicted octanol–water partition coefficient (Wildman–Crippen LogP) is 4.26. The number of amides is 1. The monoisotopic (exact) mass is 429 g/mol. The molecular formula is C25H27N5O2. The van der Waals surface area contributed by atoms with Gasteiger partial charge in [0.05, 0.1) is 11.9 Å². The number of unbranched alkanes of at least 4 members (excludes halogenated alkanes) is 1. The second-order valence-corrected chi connectivity index (χ2v) is 7.84. The van der Waals surface area contributed by atoms with Gasteiger partial charge in [0.15, 0.2) is 5.65 Å². The molecule has 164 valence electrons. The summed E-state index contributed by atoms with van der Waals surface area (Å²) < 4.78 is 3.19. The minimum Gasteiger partial charge on any atom is -0.326 e. The standard InChI is InChI=1S/C25H27N5O2/c1-3-4-8-19-11-13-20(14-12-19)28-23(31)15-16-29-18(2)27-24-22(25(29)32)17-26-30(24)21-9-6-5-7-10-21/h5-7,9-14,17H,3-4,8,15-16H2,1-2H3,(H,28,31). The first-order chi connectivity index (χ1) is 15.6. The number of benzene rings is 2. The Morgan fingerprint density at radius 3 is 2.53 bits per heavy atom. The van der Waals surface area contributed by atoms with Crippen LogP contribution in [-0.4, -0.2) is 25.2 Å². The van der Waals surface area contributed by atoms with E-state index in [-0.39, 0.29) is 24.4 Å². The van der Waals surface area contributed by atoms with Crippen LogP contribution in [0.2, 0.25) is 0 Å². The molecule has 0 unspecified atom stereocenters. The van der Waals surface area contributed by atoms with E-state index in [9.17, 15) is 9.59 Å². The average molecular weight is 430 g/mol. The Morgan fingerprint density at radius 1 is 1.06 bits per heavy atom. The van der Waals surface area contributed by atoms with Crippen molar-refractivity contribution in [3.63, 3.8) is 0 Å². The zero-order chi connectivity index (χ0) is 22.5. The Bertz CT molecular complexity index is 1270. The van der Waals surface area contributed by atoms with E-state index < -0.39 is 0 Å². The van der Waals surface area contributed by atoms with Gasteiger partial charge in [-0.25, -0.2) is 9.67 Å². The van der Waals surface area contributed by atoms with Crippen LogP contribution >= 0.6 is 0 Å². The van der Waals surface area contributed by atoms with Gasteiger partial charge in [0, 0.05) is 18.7 Å². The highest BCUT2D eigenvalue weighted by Gasteiger charge is 2.15. The molecule has 0 saturated heterocycles. The van der Waals surface area contributed by atoms with E-state index in [4.69, 9.17) is 0 Å². The fourth-order valence-electron chi connectivity index (χ4n) is 3.70. The van der Waals surface area contributed by atoms with Gasteiger partial charge in [0.1, 0.15) is 11.2 Å². The molecule has 0 aliphatic rings. The van der Waals surface area contributed by atoms with Crippen LogP contribution in [0.4, 0.5) is 5.69 Å². The molecule has 0 bridgehead atoms. The predicted molar refractivity (Wildman–Crippen MR) is 126 cm³/mol. The van der Waals surface area contributed by atoms with Crippen LogP contribution in [0.1, 0.15) is 37.6 Å². The Labute approximate surface area is 186 Å². The molecule has 7 heteroatoms. The largest absolute Gasteiger partial charge is 0.326 e. The van der Waals surface area contributed by atoms with Crippen molar-refractivity contribution in [2.75, 3.05) is 5.32 Å². The lowest BCUT2D eigenvalue weighted by Gasteiger charge is -2.11. The van der Waals surface area contributed by atoms with Gasteiger partial charge >= 0.3 is 0 Å². The topological polar surface area (TPSA) is 81.8 Å². The van der Waals surface area contributed by atoms with E-state index >= 15 is 0 Å². The van der Waals surface area contributed by atoms with Crippen molar-refractivity contribution in [3.05, 3.63) is 82.5 Å². The fraction of sp³-hybridized carbons (Fsp3) is 0.280. The molecule has 0 radical (unpaired) electrons. The van der Waals surface area contributed by atoms with E-state index in [2.05, 4.69) is 22.3 Å². The fourth-order valence-corrected chi connectivity index (χ4v) is 3.70. The number of carbonyl (C=O) groups is 1. The van der Waals surface area contributed by atoms with Crippen molar-refractivity contribution in [1.29, 1.82) is 0 Å². The summed E-state index contributed by atoms with van der Waals surface area (Å²) in [7, 11) is 0. The van der Waals surface area contributed by atoms with Gasteiger partial charge in [-0.15, -0.1) is 0 Å². The minimum absolute atomic E-state index is 0.141. The molecule has 0 saturated carbocycles. The maximum Gasteiger partial charge on any atom is 0.264 e. The number of nitrogens with zero attached hydrogens (tertiary/aromatic N) is 4. The summed E-state index contributed by atoms with van der Waals surface area (Å²) in [5.74, 6) is 0.408. The van der Waals surface area contributed by atoms with Crippen molar-refractivity contribution in [3.8, 4) is 5.69 Å². The molecule has 1 amide bonds. The smallest absolute Gasteiger partial charge is 0.264 e. The second-order valence-electron chi connectivity index (χ2n) is 7.84. The lowest BCUT2D eigenvalue weighted by Crippen LogP contribution is -2.26. The summed E-state index contributed by atoms with van der Waals surface area (Å²) in [6.07, 6.45) is 5.07. The molecule has 0 aliphatic heterocycles. The molecule has 7 nitrogen and oxygen atoms in total. The van der Waals surface area contributed by atoms with Gasteiger partial charge < -0.3 is 5.32 Å². The molecule has 32 heavy (non-hydrogen) atoms. The summed E-state index contributed by atoms with van der Waals surface area (Å²) in [6.45, 7) is 4.20. The summed E-state index contributed by atoms with van der Waals surface area (Å²) in [5, 5.41) is 7.69. The Kier molecular flexibility index (Phi) is 6.44. The summed E-state index contributed by atoms with van der Waals surface area (Å²) in [5.41, 5.74) is 3.19. The number of fused-ring (bicyclic) bond motifs is 1. The third kappa shape index (κ3) is 4.61. The molecule has 0 aliphatic carbocycles. The second kappa shape index (κ2) is 9.60. The molecule has 2 aromatic heterocycles. The highest BCUT2D eigenvalue weighted by atomic mass is 16.2. The van der Waals surface area contributed by atoms with Crippen LogP contribution in [0.15, 0.2) is 65.6 Å². The summed E-state index contributed by atoms with van der Waals surface area (Å²) >= 11 is 0. The summed E-state index contributed by atoms with van der Waals surface area (Å²) in [6, 6.07) is 17.5. The van der Waals surface area contributed by atoms with Gasteiger partial charge in [-0.3, -0.25) is 14.2 Å². The number of hydrogen-bond acceptors (Lipinski definition) is 4. The highest BCUT2D eigenvalue weighted by molar-refractivity contribution is 5.90. The number of hydrogen-bond donors (Lipinski definition) is 1. The molecule has 1 N–H and O–H groups in total. The van der Waals surface area contributed by atoms with E-state index in [0.29, 0.717) is 16.9 Å². The van der Waals surface area contributed by atoms with Crippen LogP contribution < -0.4 is 10.9 Å². The Balaban J connectivity index is 1.46. The molecule has 0 spiro atoms. The highest BCUT2D eigenvalue weighted by Crippen LogP contribution is 2.15. The van der Waals surface area contributed by atoms with Gasteiger partial charge in [-0.05, 0) is 49.6 Å². The Hall–Kier alpha value is -3.74. The lowest BCUT2D eigenvalue weighted by molar-refractivity contribution is -0.116. The normalized spacial score (nSPS) is 11.1. The van der Waals surface area contributed by atoms with Crippen molar-refractivity contribution in [1.82, 2.24) is 19.3 Å². The van der Waals surface area contributed by atoms with E-state index in [1.165, 1.54) is 16.3 Å². The third-order valence-electron chi connectivity index (χ3n) is 5.50. The number of rotatable bonds is 8. The van der Waals surface area contributed by atoms with Crippen molar-refractivity contribution < 1.29 is 4.79 Å². The van der Waals surface area contributed by atoms with E-state index in [1.807, 2.05) is 54.6 Å². The number of anilines is 1. The van der Waals surface area contributed by atoms with Crippen LogP contribution in [0.25, 0.3) is 16.7 Å². The van der Waals surface area contributed by atoms with Gasteiger partial charge in [0.2, 0.25) is 5.91 Å². The number of nitrogens with one attached hydrogen (secondary N) is 1. The molecule has 2 heterocycles. The SMILES string of the molecule is CCCCc1ccc(NC(=O)CCn2c(C)nc3c(cnn3-c3ccccc3)c2=O)cc1. The molecule has 4 aromatic rings. The molecule has 0 atom stereocenters. The maximum atomic E-state index is 13.0. The number of para-hydroxylation sites is 1. The lowest BCUT2D eigenvalue weighted by atomic mass is 10.1. The molecular weight excluding hydrogens is 402 g/mol. The van der Waals surface area contributed by atoms with Crippen molar-refractivity contribution in [2.24, 2.45) is 0 Å². The number of carbonyl (C=O) groups excluding carboxylic acids is 1. The zero-order valence-electron chi connectivity index (χ0n) is 18.4. The van der Waals surface area contributed by atoms with Gasteiger partial charge in [-0.2, -0.15) is 5.10 Å². The Morgan fingerprint density at radius 2 is 1.81 bits per heavy atom. The van der Waals surface area contributed by atoms with Crippen LogP contribution in [0.5, 0.6) is 0 Å². The number of aromatic nitrogens is 4. The molecule has 4 rings (SSSR count). The molecule has 0 fully saturated rings. The molecule has 2 aromatic carbocycles. The van der Waals surface area contributed by atoms with Crippen LogP contribution in [0.3, 0.4) is 0 Å².